The minimum Gasteiger partial charge on any atom is -0.370 e. The second-order valence-electron chi connectivity index (χ2n) is 5.78. The van der Waals surface area contributed by atoms with Crippen molar-refractivity contribution in [3.63, 3.8) is 0 Å². The molecule has 1 amide bonds. The molecule has 1 aliphatic heterocycles. The van der Waals surface area contributed by atoms with Crippen molar-refractivity contribution in [1.82, 2.24) is 9.97 Å². The normalized spacial score (nSPS) is 20.1. The third-order valence-electron chi connectivity index (χ3n) is 4.07. The van der Waals surface area contributed by atoms with Gasteiger partial charge in [0.05, 0.1) is 0 Å². The van der Waals surface area contributed by atoms with E-state index in [1.54, 1.807) is 0 Å². The zero-order chi connectivity index (χ0) is 14.1. The first-order valence-corrected chi connectivity index (χ1v) is 7.57. The van der Waals surface area contributed by atoms with Gasteiger partial charge in [-0.15, -0.1) is 0 Å². The van der Waals surface area contributed by atoms with E-state index in [-0.39, 0.29) is 5.91 Å². The molecule has 1 saturated heterocycles. The van der Waals surface area contributed by atoms with Gasteiger partial charge in [0.15, 0.2) is 0 Å². The second-order valence-corrected chi connectivity index (χ2v) is 6.17. The van der Waals surface area contributed by atoms with Gasteiger partial charge in [0.25, 0.3) is 0 Å². The van der Waals surface area contributed by atoms with Gasteiger partial charge in [0, 0.05) is 31.5 Å². The molecule has 1 aromatic heterocycles. The summed E-state index contributed by atoms with van der Waals surface area (Å²) in [6.45, 7) is 1.80. The van der Waals surface area contributed by atoms with Crippen LogP contribution >= 0.6 is 11.6 Å². The SMILES string of the molecule is NC(=O)CC1CCN(c2cc(Cl)nc(C3CC3)n2)CC1. The Labute approximate surface area is 123 Å². The van der Waals surface area contributed by atoms with Crippen molar-refractivity contribution < 1.29 is 4.79 Å². The maximum atomic E-state index is 11.0. The summed E-state index contributed by atoms with van der Waals surface area (Å²) in [5.74, 6) is 2.50. The van der Waals surface area contributed by atoms with Gasteiger partial charge in [-0.2, -0.15) is 0 Å². The number of nitrogens with two attached hydrogens (primary N) is 1. The van der Waals surface area contributed by atoms with Crippen LogP contribution < -0.4 is 10.6 Å². The van der Waals surface area contributed by atoms with Gasteiger partial charge in [-0.25, -0.2) is 9.97 Å². The van der Waals surface area contributed by atoms with E-state index in [1.165, 1.54) is 12.8 Å². The highest BCUT2D eigenvalue weighted by Gasteiger charge is 2.28. The molecule has 0 atom stereocenters. The van der Waals surface area contributed by atoms with E-state index in [9.17, 15) is 4.79 Å². The Bertz CT molecular complexity index is 510. The monoisotopic (exact) mass is 294 g/mol. The van der Waals surface area contributed by atoms with Gasteiger partial charge in [0.2, 0.25) is 5.91 Å². The molecular weight excluding hydrogens is 276 g/mol. The number of anilines is 1. The minimum absolute atomic E-state index is 0.204. The summed E-state index contributed by atoms with van der Waals surface area (Å²) in [5, 5.41) is 0.524. The van der Waals surface area contributed by atoms with Crippen molar-refractivity contribution in [3.05, 3.63) is 17.0 Å². The van der Waals surface area contributed by atoms with Crippen molar-refractivity contribution in [2.45, 2.75) is 38.0 Å². The first-order chi connectivity index (χ1) is 9.61. The fourth-order valence-electron chi connectivity index (χ4n) is 2.76. The highest BCUT2D eigenvalue weighted by molar-refractivity contribution is 6.29. The molecule has 0 radical (unpaired) electrons. The van der Waals surface area contributed by atoms with E-state index in [2.05, 4.69) is 14.9 Å². The van der Waals surface area contributed by atoms with Crippen LogP contribution in [0.2, 0.25) is 5.15 Å². The van der Waals surface area contributed by atoms with Crippen LogP contribution in [0.4, 0.5) is 5.82 Å². The smallest absolute Gasteiger partial charge is 0.217 e. The standard InChI is InChI=1S/C14H19ClN4O/c15-11-8-13(18-14(17-11)10-1-2-10)19-5-3-9(4-6-19)7-12(16)20/h8-10H,1-7H2,(H2,16,20). The Kier molecular flexibility index (Phi) is 3.78. The number of aromatic nitrogens is 2. The Morgan fingerprint density at radius 1 is 1.30 bits per heavy atom. The topological polar surface area (TPSA) is 72.1 Å². The van der Waals surface area contributed by atoms with Gasteiger partial charge < -0.3 is 10.6 Å². The lowest BCUT2D eigenvalue weighted by molar-refractivity contribution is -0.119. The molecule has 108 valence electrons. The number of piperidine rings is 1. The first-order valence-electron chi connectivity index (χ1n) is 7.19. The van der Waals surface area contributed by atoms with Crippen LogP contribution in [0, 0.1) is 5.92 Å². The average molecular weight is 295 g/mol. The van der Waals surface area contributed by atoms with E-state index < -0.39 is 0 Å². The number of hydrogen-bond donors (Lipinski definition) is 1. The third kappa shape index (κ3) is 3.20. The number of nitrogens with zero attached hydrogens (tertiary/aromatic N) is 3. The number of hydrogen-bond acceptors (Lipinski definition) is 4. The van der Waals surface area contributed by atoms with Crippen molar-refractivity contribution in [3.8, 4) is 0 Å². The van der Waals surface area contributed by atoms with Crippen LogP contribution in [0.15, 0.2) is 6.07 Å². The lowest BCUT2D eigenvalue weighted by Gasteiger charge is -2.32. The number of halogens is 1. The molecule has 1 aliphatic carbocycles. The maximum Gasteiger partial charge on any atom is 0.217 e. The van der Waals surface area contributed by atoms with Gasteiger partial charge in [-0.05, 0) is 31.6 Å². The molecule has 2 heterocycles. The molecule has 0 bridgehead atoms. The van der Waals surface area contributed by atoms with Gasteiger partial charge >= 0.3 is 0 Å². The van der Waals surface area contributed by atoms with Crippen LogP contribution in [0.1, 0.15) is 43.8 Å². The summed E-state index contributed by atoms with van der Waals surface area (Å²) in [6.07, 6.45) is 4.78. The predicted octanol–water partition coefficient (Wildman–Crippen LogP) is 2.10. The summed E-state index contributed by atoms with van der Waals surface area (Å²) >= 11 is 6.10. The predicted molar refractivity (Wildman–Crippen MR) is 77.8 cm³/mol. The average Bonchev–Trinajstić information content (AvgIpc) is 3.22. The van der Waals surface area contributed by atoms with E-state index in [0.717, 1.165) is 37.6 Å². The van der Waals surface area contributed by atoms with Crippen molar-refractivity contribution in [1.29, 1.82) is 0 Å². The van der Waals surface area contributed by atoms with E-state index >= 15 is 0 Å². The fraction of sp³-hybridized carbons (Fsp3) is 0.643. The van der Waals surface area contributed by atoms with Gasteiger partial charge in [-0.3, -0.25) is 4.79 Å². The fourth-order valence-corrected chi connectivity index (χ4v) is 2.94. The van der Waals surface area contributed by atoms with Crippen LogP contribution in [0.3, 0.4) is 0 Å². The van der Waals surface area contributed by atoms with E-state index in [0.29, 0.717) is 23.4 Å². The molecule has 1 saturated carbocycles. The highest BCUT2D eigenvalue weighted by Crippen LogP contribution is 2.39. The molecule has 0 spiro atoms. The first kappa shape index (κ1) is 13.6. The number of carbonyl (C=O) groups is 1. The lowest BCUT2D eigenvalue weighted by atomic mass is 9.93. The Morgan fingerprint density at radius 3 is 2.60 bits per heavy atom. The minimum atomic E-state index is -0.204. The van der Waals surface area contributed by atoms with Crippen LogP contribution in [-0.4, -0.2) is 29.0 Å². The van der Waals surface area contributed by atoms with E-state index in [1.807, 2.05) is 6.07 Å². The molecule has 2 fully saturated rings. The molecule has 3 rings (SSSR count). The molecule has 2 aliphatic rings. The summed E-state index contributed by atoms with van der Waals surface area (Å²) in [6, 6.07) is 1.84. The molecular formula is C14H19ClN4O. The van der Waals surface area contributed by atoms with E-state index in [4.69, 9.17) is 17.3 Å². The summed E-state index contributed by atoms with van der Waals surface area (Å²) in [5.41, 5.74) is 5.26. The van der Waals surface area contributed by atoms with Gasteiger partial charge in [0.1, 0.15) is 16.8 Å². The Hall–Kier alpha value is -1.36. The molecule has 0 aromatic carbocycles. The number of carbonyl (C=O) groups excluding carboxylic acids is 1. The zero-order valence-electron chi connectivity index (χ0n) is 11.4. The summed E-state index contributed by atoms with van der Waals surface area (Å²) in [7, 11) is 0. The second kappa shape index (κ2) is 5.56. The van der Waals surface area contributed by atoms with Crippen molar-refractivity contribution in [2.24, 2.45) is 11.7 Å². The Balaban J connectivity index is 1.67. The van der Waals surface area contributed by atoms with Gasteiger partial charge in [-0.1, -0.05) is 11.6 Å². The Morgan fingerprint density at radius 2 is 2.00 bits per heavy atom. The maximum absolute atomic E-state index is 11.0. The molecule has 20 heavy (non-hydrogen) atoms. The zero-order valence-corrected chi connectivity index (χ0v) is 12.1. The quantitative estimate of drug-likeness (QED) is 0.863. The molecule has 2 N–H and O–H groups in total. The number of primary amides is 1. The van der Waals surface area contributed by atoms with Crippen molar-refractivity contribution >= 4 is 23.3 Å². The molecule has 1 aromatic rings. The molecule has 0 unspecified atom stereocenters. The molecule has 6 heteroatoms. The highest BCUT2D eigenvalue weighted by atomic mass is 35.5. The molecule has 5 nitrogen and oxygen atoms in total. The van der Waals surface area contributed by atoms with Crippen LogP contribution in [0.25, 0.3) is 0 Å². The number of rotatable bonds is 4. The third-order valence-corrected chi connectivity index (χ3v) is 4.26. The van der Waals surface area contributed by atoms with Crippen LogP contribution in [-0.2, 0) is 4.79 Å². The lowest BCUT2D eigenvalue weighted by Crippen LogP contribution is -2.35. The van der Waals surface area contributed by atoms with Crippen LogP contribution in [0.5, 0.6) is 0 Å². The summed E-state index contributed by atoms with van der Waals surface area (Å²) < 4.78 is 0. The van der Waals surface area contributed by atoms with Crippen molar-refractivity contribution in [2.75, 3.05) is 18.0 Å². The number of amides is 1. The largest absolute Gasteiger partial charge is 0.370 e. The summed E-state index contributed by atoms with van der Waals surface area (Å²) in [4.78, 5) is 22.1.